The number of para-hydroxylation sites is 3. The highest BCUT2D eigenvalue weighted by atomic mass is 16.3. The third-order valence-electron chi connectivity index (χ3n) is 8.27. The maximum atomic E-state index is 13.9. The van der Waals surface area contributed by atoms with E-state index in [0.29, 0.717) is 45.6 Å². The SMILES string of the molecule is CC(C)C[C@@H]1N[C@@H]2N(C1=O)c1ccccc1[C@@]2(O)C[C@@H]1NC(=O)c2ccccc2-n2c1nc1ccccc1c2=O. The molecule has 2 amide bonds. The van der Waals surface area contributed by atoms with Gasteiger partial charge in [-0.2, -0.15) is 0 Å². The molecule has 3 aliphatic rings. The summed E-state index contributed by atoms with van der Waals surface area (Å²) in [6.07, 6.45) is -0.111. The minimum absolute atomic E-state index is 0.00956. The predicted octanol–water partition coefficient (Wildman–Crippen LogP) is 3.14. The molecule has 1 aromatic heterocycles. The van der Waals surface area contributed by atoms with E-state index in [1.54, 1.807) is 47.4 Å². The topological polar surface area (TPSA) is 117 Å². The minimum atomic E-state index is -1.57. The molecule has 1 fully saturated rings. The number of amides is 2. The zero-order valence-corrected chi connectivity index (χ0v) is 22.2. The molecule has 9 nitrogen and oxygen atoms in total. The van der Waals surface area contributed by atoms with Gasteiger partial charge in [0.1, 0.15) is 17.6 Å². The molecule has 0 spiro atoms. The van der Waals surface area contributed by atoms with E-state index in [9.17, 15) is 19.5 Å². The third kappa shape index (κ3) is 3.47. The zero-order valence-electron chi connectivity index (χ0n) is 22.2. The van der Waals surface area contributed by atoms with Crippen LogP contribution in [0.3, 0.4) is 0 Å². The van der Waals surface area contributed by atoms with Crippen LogP contribution in [-0.4, -0.2) is 38.7 Å². The third-order valence-corrected chi connectivity index (χ3v) is 8.27. The van der Waals surface area contributed by atoms with Gasteiger partial charge < -0.3 is 10.4 Å². The molecule has 3 aliphatic heterocycles. The first kappa shape index (κ1) is 24.7. The Kier molecular flexibility index (Phi) is 5.45. The maximum absolute atomic E-state index is 13.9. The van der Waals surface area contributed by atoms with Gasteiger partial charge in [0, 0.05) is 12.0 Å². The fourth-order valence-corrected chi connectivity index (χ4v) is 6.53. The van der Waals surface area contributed by atoms with Gasteiger partial charge in [-0.15, -0.1) is 0 Å². The average Bonchev–Trinajstić information content (AvgIpc) is 3.35. The number of rotatable bonds is 4. The molecular weight excluding hydrogens is 506 g/mol. The molecule has 0 saturated carbocycles. The number of nitrogens with one attached hydrogen (secondary N) is 2. The highest BCUT2D eigenvalue weighted by Gasteiger charge is 2.58. The number of carbonyl (C=O) groups is 2. The van der Waals surface area contributed by atoms with Gasteiger partial charge in [0.15, 0.2) is 0 Å². The van der Waals surface area contributed by atoms with E-state index in [0.717, 1.165) is 0 Å². The Morgan fingerprint density at radius 2 is 1.62 bits per heavy atom. The minimum Gasteiger partial charge on any atom is -0.381 e. The largest absolute Gasteiger partial charge is 0.381 e. The van der Waals surface area contributed by atoms with Gasteiger partial charge >= 0.3 is 0 Å². The van der Waals surface area contributed by atoms with Crippen LogP contribution in [0.5, 0.6) is 0 Å². The lowest BCUT2D eigenvalue weighted by molar-refractivity contribution is -0.119. The van der Waals surface area contributed by atoms with Crippen LogP contribution in [0.1, 0.15) is 54.5 Å². The fourth-order valence-electron chi connectivity index (χ4n) is 6.53. The van der Waals surface area contributed by atoms with E-state index < -0.39 is 23.9 Å². The molecule has 9 heteroatoms. The second-order valence-electron chi connectivity index (χ2n) is 11.3. The first-order valence-electron chi connectivity index (χ1n) is 13.6. The van der Waals surface area contributed by atoms with Gasteiger partial charge in [-0.05, 0) is 42.7 Å². The van der Waals surface area contributed by atoms with Crippen LogP contribution in [0, 0.1) is 5.92 Å². The molecule has 1 saturated heterocycles. The van der Waals surface area contributed by atoms with Gasteiger partial charge in [0.05, 0.1) is 39.9 Å². The number of hydrogen-bond donors (Lipinski definition) is 3. The number of anilines is 1. The van der Waals surface area contributed by atoms with E-state index in [-0.39, 0.29) is 29.7 Å². The summed E-state index contributed by atoms with van der Waals surface area (Å²) in [5, 5.41) is 19.4. The van der Waals surface area contributed by atoms with Crippen molar-refractivity contribution in [3.63, 3.8) is 0 Å². The summed E-state index contributed by atoms with van der Waals surface area (Å²) in [4.78, 5) is 47.5. The highest BCUT2D eigenvalue weighted by Crippen LogP contribution is 2.50. The van der Waals surface area contributed by atoms with Crippen molar-refractivity contribution < 1.29 is 14.7 Å². The molecule has 3 N–H and O–H groups in total. The molecule has 202 valence electrons. The normalized spacial score (nSPS) is 24.9. The number of carbonyl (C=O) groups excluding carboxylic acids is 2. The molecule has 4 atom stereocenters. The average molecular weight is 536 g/mol. The van der Waals surface area contributed by atoms with Crippen LogP contribution in [-0.2, 0) is 10.4 Å². The fraction of sp³-hybridized carbons (Fsp3) is 0.290. The van der Waals surface area contributed by atoms with E-state index in [1.165, 1.54) is 4.57 Å². The summed E-state index contributed by atoms with van der Waals surface area (Å²) in [6.45, 7) is 4.11. The lowest BCUT2D eigenvalue weighted by Gasteiger charge is -2.34. The zero-order chi connectivity index (χ0) is 27.8. The lowest BCUT2D eigenvalue weighted by atomic mass is 9.86. The first-order valence-corrected chi connectivity index (χ1v) is 13.6. The first-order chi connectivity index (χ1) is 19.3. The van der Waals surface area contributed by atoms with Crippen molar-refractivity contribution in [2.45, 2.75) is 50.5 Å². The van der Waals surface area contributed by atoms with Crippen LogP contribution >= 0.6 is 0 Å². The monoisotopic (exact) mass is 535 g/mol. The van der Waals surface area contributed by atoms with Crippen LogP contribution < -0.4 is 21.1 Å². The van der Waals surface area contributed by atoms with Crippen molar-refractivity contribution in [3.8, 4) is 5.69 Å². The summed E-state index contributed by atoms with van der Waals surface area (Å²) >= 11 is 0. The van der Waals surface area contributed by atoms with E-state index in [4.69, 9.17) is 4.98 Å². The lowest BCUT2D eigenvalue weighted by Crippen LogP contribution is -2.51. The van der Waals surface area contributed by atoms with E-state index in [2.05, 4.69) is 24.5 Å². The Hall–Kier alpha value is -4.34. The molecule has 40 heavy (non-hydrogen) atoms. The predicted molar refractivity (Wildman–Crippen MR) is 150 cm³/mol. The second kappa shape index (κ2) is 8.84. The standard InChI is InChI=1S/C31H29N5O4/c1-17(2)15-22-29(39)36-25-14-8-5-11-20(25)31(40,30(36)34-22)16-23-26-32-21-12-6-3-9-18(21)28(38)35(26)24-13-7-4-10-19(24)27(37)33-23/h3-14,17,22-23,30,34,40H,15-16H2,1-2H3,(H,33,37)/t22-,23-,30+,31-/m0/s1. The molecule has 0 aliphatic carbocycles. The molecule has 4 heterocycles. The maximum Gasteiger partial charge on any atom is 0.266 e. The van der Waals surface area contributed by atoms with Crippen LogP contribution in [0.25, 0.3) is 16.6 Å². The Labute approximate surface area is 230 Å². The summed E-state index contributed by atoms with van der Waals surface area (Å²) in [7, 11) is 0. The number of benzene rings is 3. The number of aliphatic hydroxyl groups is 1. The Bertz CT molecular complexity index is 1760. The van der Waals surface area contributed by atoms with Crippen LogP contribution in [0.4, 0.5) is 5.69 Å². The number of nitrogens with zero attached hydrogens (tertiary/aromatic N) is 3. The van der Waals surface area contributed by atoms with Gasteiger partial charge in [-0.1, -0.05) is 56.3 Å². The quantitative estimate of drug-likeness (QED) is 0.370. The summed E-state index contributed by atoms with van der Waals surface area (Å²) in [6, 6.07) is 20.1. The van der Waals surface area contributed by atoms with Crippen LogP contribution in [0.2, 0.25) is 0 Å². The van der Waals surface area contributed by atoms with Gasteiger partial charge in [0.2, 0.25) is 5.91 Å². The van der Waals surface area contributed by atoms with Gasteiger partial charge in [-0.25, -0.2) is 4.98 Å². The number of hydrogen-bond acceptors (Lipinski definition) is 6. The molecule has 0 bridgehead atoms. The summed E-state index contributed by atoms with van der Waals surface area (Å²) in [5.74, 6) is 0.157. The van der Waals surface area contributed by atoms with Crippen molar-refractivity contribution in [2.75, 3.05) is 4.90 Å². The van der Waals surface area contributed by atoms with Crippen molar-refractivity contribution in [2.24, 2.45) is 5.92 Å². The second-order valence-corrected chi connectivity index (χ2v) is 11.3. The Balaban J connectivity index is 1.40. The summed E-state index contributed by atoms with van der Waals surface area (Å²) in [5.41, 5.74) is 0.663. The number of aromatic nitrogens is 2. The number of fused-ring (bicyclic) bond motifs is 7. The smallest absolute Gasteiger partial charge is 0.266 e. The molecule has 3 aromatic carbocycles. The molecular formula is C31H29N5O4. The van der Waals surface area contributed by atoms with Crippen LogP contribution in [0.15, 0.2) is 77.6 Å². The van der Waals surface area contributed by atoms with Crippen molar-refractivity contribution in [1.82, 2.24) is 20.2 Å². The Morgan fingerprint density at radius 3 is 2.42 bits per heavy atom. The highest BCUT2D eigenvalue weighted by molar-refractivity contribution is 6.03. The molecule has 4 aromatic rings. The van der Waals surface area contributed by atoms with Gasteiger partial charge in [0.25, 0.3) is 11.5 Å². The summed E-state index contributed by atoms with van der Waals surface area (Å²) < 4.78 is 1.48. The molecule has 0 radical (unpaired) electrons. The molecule has 7 rings (SSSR count). The van der Waals surface area contributed by atoms with Crippen molar-refractivity contribution in [3.05, 3.63) is 100 Å². The van der Waals surface area contributed by atoms with E-state index in [1.807, 2.05) is 30.3 Å². The van der Waals surface area contributed by atoms with Crippen molar-refractivity contribution >= 4 is 28.4 Å². The van der Waals surface area contributed by atoms with Gasteiger partial charge in [-0.3, -0.25) is 29.2 Å². The van der Waals surface area contributed by atoms with Crippen molar-refractivity contribution in [1.29, 1.82) is 0 Å². The van der Waals surface area contributed by atoms with E-state index >= 15 is 0 Å². The molecule has 0 unspecified atom stereocenters. The Morgan fingerprint density at radius 1 is 0.925 bits per heavy atom.